The molecular weight excluding hydrogens is 190 g/mol. The Kier molecular flexibility index (Phi) is 5.32. The third-order valence-corrected chi connectivity index (χ3v) is 3.81. The van der Waals surface area contributed by atoms with E-state index in [1.807, 2.05) is 0 Å². The Hall–Kier alpha value is 0.310. The van der Waals surface area contributed by atoms with Crippen molar-refractivity contribution < 1.29 is 0 Å². The topological polar surface area (TPSA) is 12.0 Å². The molecule has 14 heavy (non-hydrogen) atoms. The molecular formula is C12H25NS. The minimum absolute atomic E-state index is 0.504. The fourth-order valence-corrected chi connectivity index (χ4v) is 2.93. The second-order valence-corrected chi connectivity index (χ2v) is 6.73. The van der Waals surface area contributed by atoms with E-state index in [0.717, 1.165) is 6.04 Å². The average Bonchev–Trinajstić information content (AvgIpc) is 2.13. The zero-order chi connectivity index (χ0) is 10.4. The van der Waals surface area contributed by atoms with Gasteiger partial charge in [-0.25, -0.2) is 0 Å². The van der Waals surface area contributed by atoms with Gasteiger partial charge >= 0.3 is 0 Å². The van der Waals surface area contributed by atoms with Crippen LogP contribution in [0, 0.1) is 5.41 Å². The number of thioether (sulfide) groups is 1. The molecule has 0 aromatic carbocycles. The molecule has 1 aliphatic heterocycles. The van der Waals surface area contributed by atoms with Gasteiger partial charge in [-0.05, 0) is 49.1 Å². The van der Waals surface area contributed by atoms with E-state index in [1.165, 1.54) is 43.7 Å². The molecule has 1 fully saturated rings. The molecule has 0 amide bonds. The fraction of sp³-hybridized carbons (Fsp3) is 1.00. The molecule has 0 saturated carbocycles. The molecule has 1 saturated heterocycles. The monoisotopic (exact) mass is 215 g/mol. The summed E-state index contributed by atoms with van der Waals surface area (Å²) in [6.45, 7) is 8.19. The molecule has 1 N–H and O–H groups in total. The quantitative estimate of drug-likeness (QED) is 0.722. The van der Waals surface area contributed by atoms with Crippen molar-refractivity contribution in [3.63, 3.8) is 0 Å². The highest BCUT2D eigenvalue weighted by atomic mass is 32.2. The third-order valence-electron chi connectivity index (χ3n) is 2.76. The maximum atomic E-state index is 3.68. The highest BCUT2D eigenvalue weighted by Crippen LogP contribution is 2.20. The summed E-state index contributed by atoms with van der Waals surface area (Å²) >= 11 is 2.10. The van der Waals surface area contributed by atoms with E-state index in [2.05, 4.69) is 37.8 Å². The first kappa shape index (κ1) is 12.4. The lowest BCUT2D eigenvalue weighted by Crippen LogP contribution is -2.33. The molecule has 1 rings (SSSR count). The molecule has 84 valence electrons. The summed E-state index contributed by atoms with van der Waals surface area (Å²) < 4.78 is 0. The van der Waals surface area contributed by atoms with Crippen molar-refractivity contribution in [1.29, 1.82) is 0 Å². The van der Waals surface area contributed by atoms with Gasteiger partial charge in [-0.3, -0.25) is 0 Å². The van der Waals surface area contributed by atoms with Crippen molar-refractivity contribution in [2.45, 2.75) is 52.5 Å². The summed E-state index contributed by atoms with van der Waals surface area (Å²) in [6, 6.07) is 0.816. The second-order valence-electron chi connectivity index (χ2n) is 5.50. The number of rotatable bonds is 4. The van der Waals surface area contributed by atoms with Crippen LogP contribution < -0.4 is 5.32 Å². The Morgan fingerprint density at radius 3 is 2.43 bits per heavy atom. The van der Waals surface area contributed by atoms with Gasteiger partial charge in [0, 0.05) is 6.04 Å². The van der Waals surface area contributed by atoms with Crippen molar-refractivity contribution in [2.75, 3.05) is 18.1 Å². The molecule has 0 unspecified atom stereocenters. The van der Waals surface area contributed by atoms with E-state index in [9.17, 15) is 0 Å². The summed E-state index contributed by atoms with van der Waals surface area (Å²) in [7, 11) is 0. The summed E-state index contributed by atoms with van der Waals surface area (Å²) in [4.78, 5) is 0. The Morgan fingerprint density at radius 1 is 1.21 bits per heavy atom. The van der Waals surface area contributed by atoms with Crippen LogP contribution >= 0.6 is 11.8 Å². The number of hydrogen-bond acceptors (Lipinski definition) is 2. The van der Waals surface area contributed by atoms with Gasteiger partial charge in [-0.1, -0.05) is 20.8 Å². The Labute approximate surface area is 93.4 Å². The van der Waals surface area contributed by atoms with Crippen LogP contribution in [0.4, 0.5) is 0 Å². The lowest BCUT2D eigenvalue weighted by molar-refractivity contribution is 0.352. The van der Waals surface area contributed by atoms with E-state index in [0.29, 0.717) is 5.41 Å². The standard InChI is InChI=1S/C12H25NS/c1-12(2,3)7-4-8-13-11-5-9-14-10-6-11/h11,13H,4-10H2,1-3H3. The zero-order valence-electron chi connectivity index (χ0n) is 9.94. The number of nitrogens with one attached hydrogen (secondary N) is 1. The van der Waals surface area contributed by atoms with Crippen LogP contribution in [0.2, 0.25) is 0 Å². The molecule has 0 aliphatic carbocycles. The summed E-state index contributed by atoms with van der Waals surface area (Å²) in [5.41, 5.74) is 0.504. The SMILES string of the molecule is CC(C)(C)CCCNC1CCSCC1. The Bertz CT molecular complexity index is 145. The van der Waals surface area contributed by atoms with Crippen molar-refractivity contribution in [3.05, 3.63) is 0 Å². The van der Waals surface area contributed by atoms with Gasteiger partial charge in [-0.15, -0.1) is 0 Å². The van der Waals surface area contributed by atoms with Crippen molar-refractivity contribution in [2.24, 2.45) is 5.41 Å². The molecule has 0 aromatic rings. The van der Waals surface area contributed by atoms with Gasteiger partial charge in [0.25, 0.3) is 0 Å². The summed E-state index contributed by atoms with van der Waals surface area (Å²) in [6.07, 6.45) is 5.41. The first-order valence-corrected chi connectivity index (χ1v) is 7.04. The second kappa shape index (κ2) is 6.02. The Morgan fingerprint density at radius 2 is 1.86 bits per heavy atom. The molecule has 1 heterocycles. The van der Waals surface area contributed by atoms with Crippen LogP contribution in [0.25, 0.3) is 0 Å². The maximum Gasteiger partial charge on any atom is 0.00827 e. The van der Waals surface area contributed by atoms with Gasteiger partial charge in [0.05, 0.1) is 0 Å². The lowest BCUT2D eigenvalue weighted by atomic mass is 9.90. The van der Waals surface area contributed by atoms with E-state index in [-0.39, 0.29) is 0 Å². The predicted octanol–water partition coefficient (Wildman–Crippen LogP) is 3.30. The van der Waals surface area contributed by atoms with E-state index in [1.54, 1.807) is 0 Å². The van der Waals surface area contributed by atoms with Gasteiger partial charge in [0.15, 0.2) is 0 Å². The fourth-order valence-electron chi connectivity index (χ4n) is 1.83. The van der Waals surface area contributed by atoms with Gasteiger partial charge in [0.1, 0.15) is 0 Å². The molecule has 0 radical (unpaired) electrons. The highest BCUT2D eigenvalue weighted by Gasteiger charge is 2.13. The minimum Gasteiger partial charge on any atom is -0.314 e. The summed E-state index contributed by atoms with van der Waals surface area (Å²) in [5.74, 6) is 2.72. The lowest BCUT2D eigenvalue weighted by Gasteiger charge is -2.24. The first-order chi connectivity index (χ1) is 6.58. The maximum absolute atomic E-state index is 3.68. The number of hydrogen-bond donors (Lipinski definition) is 1. The summed E-state index contributed by atoms with van der Waals surface area (Å²) in [5, 5.41) is 3.68. The molecule has 1 nitrogen and oxygen atoms in total. The van der Waals surface area contributed by atoms with Crippen LogP contribution in [0.1, 0.15) is 46.5 Å². The average molecular weight is 215 g/mol. The van der Waals surface area contributed by atoms with Gasteiger partial charge in [-0.2, -0.15) is 11.8 Å². The molecule has 0 spiro atoms. The molecule has 0 aromatic heterocycles. The van der Waals surface area contributed by atoms with Crippen LogP contribution in [0.5, 0.6) is 0 Å². The molecule has 0 atom stereocenters. The van der Waals surface area contributed by atoms with E-state index >= 15 is 0 Å². The predicted molar refractivity (Wildman–Crippen MR) is 67.0 cm³/mol. The largest absolute Gasteiger partial charge is 0.314 e. The van der Waals surface area contributed by atoms with E-state index in [4.69, 9.17) is 0 Å². The highest BCUT2D eigenvalue weighted by molar-refractivity contribution is 7.99. The van der Waals surface area contributed by atoms with E-state index < -0.39 is 0 Å². The molecule has 2 heteroatoms. The van der Waals surface area contributed by atoms with Crippen molar-refractivity contribution in [3.8, 4) is 0 Å². The molecule has 0 bridgehead atoms. The first-order valence-electron chi connectivity index (χ1n) is 5.89. The van der Waals surface area contributed by atoms with Crippen molar-refractivity contribution >= 4 is 11.8 Å². The van der Waals surface area contributed by atoms with Crippen LogP contribution in [-0.2, 0) is 0 Å². The molecule has 1 aliphatic rings. The van der Waals surface area contributed by atoms with Crippen LogP contribution in [-0.4, -0.2) is 24.1 Å². The van der Waals surface area contributed by atoms with Crippen LogP contribution in [0.15, 0.2) is 0 Å². The zero-order valence-corrected chi connectivity index (χ0v) is 10.8. The van der Waals surface area contributed by atoms with Gasteiger partial charge in [0.2, 0.25) is 0 Å². The normalized spacial score (nSPS) is 19.9. The van der Waals surface area contributed by atoms with Gasteiger partial charge < -0.3 is 5.32 Å². The Balaban J connectivity index is 1.97. The van der Waals surface area contributed by atoms with Crippen molar-refractivity contribution in [1.82, 2.24) is 5.32 Å². The minimum atomic E-state index is 0.504. The third kappa shape index (κ3) is 5.92. The van der Waals surface area contributed by atoms with Crippen LogP contribution in [0.3, 0.4) is 0 Å². The smallest absolute Gasteiger partial charge is 0.00827 e.